The summed E-state index contributed by atoms with van der Waals surface area (Å²) in [5.41, 5.74) is 13.2. The zero-order valence-corrected chi connectivity index (χ0v) is 37.2. The fourth-order valence-corrected chi connectivity index (χ4v) is 7.42. The number of hydrogen-bond acceptors (Lipinski definition) is 12. The van der Waals surface area contributed by atoms with Gasteiger partial charge in [0, 0.05) is 35.3 Å². The van der Waals surface area contributed by atoms with Gasteiger partial charge in [0.2, 0.25) is 0 Å². The van der Waals surface area contributed by atoms with E-state index in [-0.39, 0.29) is 57.5 Å². The molecular formula is C46H58F6N12. The number of anilines is 4. The normalized spacial score (nSPS) is 13.0. The molecular weight excluding hydrogens is 835 g/mol. The van der Waals surface area contributed by atoms with Gasteiger partial charge in [-0.3, -0.25) is 0 Å². The Bertz CT molecular complexity index is 2440. The lowest BCUT2D eigenvalue weighted by Crippen LogP contribution is -2.25. The Kier molecular flexibility index (Phi) is 17.0. The van der Waals surface area contributed by atoms with Gasteiger partial charge < -0.3 is 31.9 Å². The van der Waals surface area contributed by atoms with Crippen molar-refractivity contribution < 1.29 is 26.3 Å². The molecule has 0 amide bonds. The van der Waals surface area contributed by atoms with E-state index < -0.39 is 23.5 Å². The third kappa shape index (κ3) is 13.1. The van der Waals surface area contributed by atoms with E-state index in [1.54, 1.807) is 18.2 Å². The van der Waals surface area contributed by atoms with E-state index in [1.165, 1.54) is 42.7 Å². The molecule has 64 heavy (non-hydrogen) atoms. The Morgan fingerprint density at radius 3 is 1.45 bits per heavy atom. The van der Waals surface area contributed by atoms with Crippen molar-refractivity contribution in [1.29, 1.82) is 0 Å². The van der Waals surface area contributed by atoms with Gasteiger partial charge in [-0.25, -0.2) is 29.9 Å². The highest BCUT2D eigenvalue weighted by molar-refractivity contribution is 5.89. The summed E-state index contributed by atoms with van der Waals surface area (Å²) in [6.45, 7) is 18.8. The number of fused-ring (bicyclic) bond motifs is 2. The fraction of sp³-hybridized carbons (Fsp3) is 0.435. The van der Waals surface area contributed by atoms with E-state index >= 15 is 0 Å². The van der Waals surface area contributed by atoms with Crippen molar-refractivity contribution in [2.24, 2.45) is 0 Å². The van der Waals surface area contributed by atoms with Crippen LogP contribution >= 0.6 is 0 Å². The van der Waals surface area contributed by atoms with Crippen molar-refractivity contribution in [3.05, 3.63) is 84.2 Å². The lowest BCUT2D eigenvalue weighted by Gasteiger charge is -2.21. The second-order valence-corrected chi connectivity index (χ2v) is 15.6. The predicted octanol–water partition coefficient (Wildman–Crippen LogP) is 10.4. The maximum absolute atomic E-state index is 13.5. The molecule has 0 fully saturated rings. The molecule has 0 saturated carbocycles. The van der Waals surface area contributed by atoms with Crippen molar-refractivity contribution in [1.82, 2.24) is 39.7 Å². The van der Waals surface area contributed by atoms with Gasteiger partial charge in [-0.15, -0.1) is 0 Å². The van der Waals surface area contributed by atoms with Crippen LogP contribution in [0.25, 0.3) is 44.8 Å². The van der Waals surface area contributed by atoms with Gasteiger partial charge in [-0.05, 0) is 90.9 Å². The van der Waals surface area contributed by atoms with Crippen LogP contribution in [0.4, 0.5) is 49.4 Å². The third-order valence-corrected chi connectivity index (χ3v) is 10.9. The molecule has 344 valence electrons. The molecule has 0 aliphatic carbocycles. The molecule has 2 unspecified atom stereocenters. The van der Waals surface area contributed by atoms with Crippen molar-refractivity contribution in [3.8, 4) is 22.5 Å². The molecule has 12 nitrogen and oxygen atoms in total. The summed E-state index contributed by atoms with van der Waals surface area (Å²) in [6, 6.07) is 14.2. The first-order valence-electron chi connectivity index (χ1n) is 21.6. The van der Waals surface area contributed by atoms with E-state index in [1.807, 2.05) is 0 Å². The van der Waals surface area contributed by atoms with Gasteiger partial charge >= 0.3 is 12.4 Å². The molecule has 0 aliphatic heterocycles. The number of nitrogens with one attached hydrogen (secondary N) is 2. The number of alkyl halides is 6. The summed E-state index contributed by atoms with van der Waals surface area (Å²) in [5, 5.41) is 6.81. The Morgan fingerprint density at radius 2 is 0.984 bits per heavy atom. The molecule has 0 aliphatic rings. The number of nitrogens with zero attached hydrogens (tertiary/aromatic N) is 8. The van der Waals surface area contributed by atoms with Crippen LogP contribution in [-0.4, -0.2) is 91.1 Å². The zero-order chi connectivity index (χ0) is 46.6. The van der Waals surface area contributed by atoms with E-state index in [4.69, 9.17) is 11.5 Å². The number of aromatic nitrogens is 6. The largest absolute Gasteiger partial charge is 0.417 e. The third-order valence-electron chi connectivity index (χ3n) is 10.9. The SMILES string of the molecule is CCN(CC)CCCC(C)Nc1cc(N)nc2nc(-c3ccccc3C(F)(F)F)cnc12.CCN(CC)CCCC(C)Nc1cc(N)nc2ncc(-c3ccccc3C(F)(F)F)nc12. The van der Waals surface area contributed by atoms with Crippen LogP contribution in [0.1, 0.15) is 78.4 Å². The van der Waals surface area contributed by atoms with Crippen molar-refractivity contribution in [3.63, 3.8) is 0 Å². The summed E-state index contributed by atoms with van der Waals surface area (Å²) < 4.78 is 80.7. The van der Waals surface area contributed by atoms with Gasteiger partial charge in [0.05, 0.1) is 46.3 Å². The summed E-state index contributed by atoms with van der Waals surface area (Å²) in [5.74, 6) is 0.499. The minimum absolute atomic E-state index is 0.0237. The highest BCUT2D eigenvalue weighted by Crippen LogP contribution is 2.38. The lowest BCUT2D eigenvalue weighted by atomic mass is 10.0. The monoisotopic (exact) mass is 892 g/mol. The van der Waals surface area contributed by atoms with Gasteiger partial charge in [0.25, 0.3) is 0 Å². The second kappa shape index (κ2) is 22.2. The van der Waals surface area contributed by atoms with Crippen LogP contribution in [0.15, 0.2) is 73.1 Å². The van der Waals surface area contributed by atoms with Crippen LogP contribution < -0.4 is 22.1 Å². The van der Waals surface area contributed by atoms with Crippen LogP contribution in [0, 0.1) is 0 Å². The first kappa shape index (κ1) is 49.1. The fourth-order valence-electron chi connectivity index (χ4n) is 7.42. The molecule has 18 heteroatoms. The quantitative estimate of drug-likeness (QED) is 0.0606. The van der Waals surface area contributed by atoms with E-state index in [9.17, 15) is 26.3 Å². The number of nitrogens with two attached hydrogens (primary N) is 2. The van der Waals surface area contributed by atoms with E-state index in [0.29, 0.717) is 22.4 Å². The lowest BCUT2D eigenvalue weighted by molar-refractivity contribution is -0.137. The highest BCUT2D eigenvalue weighted by Gasteiger charge is 2.35. The number of halogens is 6. The first-order valence-corrected chi connectivity index (χ1v) is 21.6. The van der Waals surface area contributed by atoms with E-state index in [2.05, 4.69) is 91.9 Å². The van der Waals surface area contributed by atoms with Gasteiger partial charge in [0.1, 0.15) is 22.7 Å². The maximum Gasteiger partial charge on any atom is 0.417 e. The number of nitrogen functional groups attached to an aromatic ring is 2. The minimum atomic E-state index is -4.50. The van der Waals surface area contributed by atoms with Crippen molar-refractivity contribution in [2.75, 3.05) is 61.4 Å². The molecule has 6 N–H and O–H groups in total. The molecule has 4 aromatic heterocycles. The molecule has 2 aromatic carbocycles. The maximum atomic E-state index is 13.5. The Balaban J connectivity index is 0.000000241. The molecule has 0 spiro atoms. The number of hydrogen-bond donors (Lipinski definition) is 4. The van der Waals surface area contributed by atoms with Gasteiger partial charge in [-0.2, -0.15) is 26.3 Å². The molecule has 0 radical (unpaired) electrons. The molecule has 4 heterocycles. The molecule has 6 rings (SSSR count). The topological polar surface area (TPSA) is 160 Å². The summed E-state index contributed by atoms with van der Waals surface area (Å²) >= 11 is 0. The molecule has 0 saturated heterocycles. The van der Waals surface area contributed by atoms with Crippen LogP contribution in [-0.2, 0) is 12.4 Å². The predicted molar refractivity (Wildman–Crippen MR) is 245 cm³/mol. The van der Waals surface area contributed by atoms with Crippen LogP contribution in [0.5, 0.6) is 0 Å². The number of benzene rings is 2. The Labute approximate surface area is 370 Å². The zero-order valence-electron chi connectivity index (χ0n) is 37.2. The van der Waals surface area contributed by atoms with Crippen molar-refractivity contribution >= 4 is 45.3 Å². The standard InChI is InChI=1S/2C23H29F3N6/c1-4-32(5-2)12-8-9-15(3)29-18-13-20(27)31-22-21(18)30-19(14-28-22)16-10-6-7-11-17(16)23(24,25)26;1-4-32(5-2)12-8-9-15(3)29-18-13-20(27)31-22-21(18)28-14-19(30-22)16-10-6-7-11-17(16)23(24,25)26/h6-7,10-11,13-15H,4-5,8-9,12H2,1-3H3,(H3,27,28,29,31);6-7,10-11,13-15H,4-5,8-9,12H2,1-3H3,(H3,27,29,30,31). The highest BCUT2D eigenvalue weighted by atomic mass is 19.4. The minimum Gasteiger partial charge on any atom is -0.384 e. The number of pyridine rings is 2. The van der Waals surface area contributed by atoms with Crippen LogP contribution in [0.3, 0.4) is 0 Å². The molecule has 2 atom stereocenters. The molecule has 0 bridgehead atoms. The van der Waals surface area contributed by atoms with Crippen molar-refractivity contribution in [2.45, 2.75) is 91.7 Å². The average molecular weight is 893 g/mol. The molecule has 6 aromatic rings. The smallest absolute Gasteiger partial charge is 0.384 e. The Hall–Kier alpha value is -5.88. The average Bonchev–Trinajstić information content (AvgIpc) is 3.26. The Morgan fingerprint density at radius 1 is 0.562 bits per heavy atom. The van der Waals surface area contributed by atoms with E-state index in [0.717, 1.165) is 77.1 Å². The summed E-state index contributed by atoms with van der Waals surface area (Å²) in [7, 11) is 0. The van der Waals surface area contributed by atoms with Gasteiger partial charge in [-0.1, -0.05) is 64.1 Å². The van der Waals surface area contributed by atoms with Gasteiger partial charge in [0.15, 0.2) is 11.3 Å². The summed E-state index contributed by atoms with van der Waals surface area (Å²) in [6.07, 6.45) is -2.41. The second-order valence-electron chi connectivity index (χ2n) is 15.6. The first-order chi connectivity index (χ1) is 30.4. The van der Waals surface area contributed by atoms with Crippen LogP contribution in [0.2, 0.25) is 0 Å². The number of rotatable bonds is 18. The summed E-state index contributed by atoms with van der Waals surface area (Å²) in [4.78, 5) is 30.6.